The van der Waals surface area contributed by atoms with Crippen LogP contribution in [0.1, 0.15) is 78.5 Å². The summed E-state index contributed by atoms with van der Waals surface area (Å²) in [6.07, 6.45) is -0.832. The fourth-order valence-electron chi connectivity index (χ4n) is 5.58. The van der Waals surface area contributed by atoms with E-state index in [-0.39, 0.29) is 23.1 Å². The van der Waals surface area contributed by atoms with Gasteiger partial charge in [0.1, 0.15) is 5.75 Å². The number of amides is 1. The molecule has 37 heavy (non-hydrogen) atoms. The molecule has 0 bridgehead atoms. The highest BCUT2D eigenvalue weighted by Crippen LogP contribution is 2.41. The number of benzene rings is 1. The number of aromatic nitrogens is 2. The first-order valence-electron chi connectivity index (χ1n) is 12.6. The highest BCUT2D eigenvalue weighted by Gasteiger charge is 2.36. The minimum Gasteiger partial charge on any atom is -0.405 e. The van der Waals surface area contributed by atoms with Crippen LogP contribution in [0.15, 0.2) is 42.5 Å². The Labute approximate surface area is 215 Å². The largest absolute Gasteiger partial charge is 0.573 e. The number of alkyl halides is 3. The van der Waals surface area contributed by atoms with Gasteiger partial charge in [-0.3, -0.25) is 9.78 Å². The second-order valence-corrected chi connectivity index (χ2v) is 10.7. The monoisotopic (exact) mass is 513 g/mol. The maximum absolute atomic E-state index is 13.5. The van der Waals surface area contributed by atoms with Crippen molar-refractivity contribution in [2.75, 3.05) is 0 Å². The van der Waals surface area contributed by atoms with Crippen LogP contribution in [0.4, 0.5) is 13.2 Å². The van der Waals surface area contributed by atoms with Crippen LogP contribution in [0.5, 0.6) is 5.75 Å². The van der Waals surface area contributed by atoms with Crippen LogP contribution >= 0.6 is 0 Å². The first-order valence-corrected chi connectivity index (χ1v) is 12.6. The number of hydrogen-bond donors (Lipinski definition) is 2. The molecule has 1 amide bonds. The Bertz CT molecular complexity index is 1250. The lowest BCUT2D eigenvalue weighted by Gasteiger charge is -2.40. The van der Waals surface area contributed by atoms with Crippen LogP contribution in [-0.4, -0.2) is 27.8 Å². The second-order valence-electron chi connectivity index (χ2n) is 10.7. The van der Waals surface area contributed by atoms with E-state index in [1.165, 1.54) is 23.8 Å². The molecular formula is C29H34F3N3O2. The van der Waals surface area contributed by atoms with E-state index in [2.05, 4.69) is 32.2 Å². The third-order valence-electron chi connectivity index (χ3n) is 7.34. The van der Waals surface area contributed by atoms with Gasteiger partial charge in [0.05, 0.1) is 11.3 Å². The van der Waals surface area contributed by atoms with Gasteiger partial charge in [-0.1, -0.05) is 12.1 Å². The first-order chi connectivity index (χ1) is 17.3. The Morgan fingerprint density at radius 3 is 2.24 bits per heavy atom. The number of hydrogen-bond acceptors (Lipinski definition) is 3. The molecule has 0 saturated heterocycles. The van der Waals surface area contributed by atoms with Gasteiger partial charge in [0.2, 0.25) is 0 Å². The number of carbonyl (C=O) groups excluding carboxylic acids is 1. The molecule has 1 saturated carbocycles. The summed E-state index contributed by atoms with van der Waals surface area (Å²) < 4.78 is 43.2. The summed E-state index contributed by atoms with van der Waals surface area (Å²) in [5.41, 5.74) is 4.35. The molecule has 2 N–H and O–H groups in total. The zero-order chi connectivity index (χ0) is 27.0. The van der Waals surface area contributed by atoms with Gasteiger partial charge in [-0.2, -0.15) is 0 Å². The predicted octanol–water partition coefficient (Wildman–Crippen LogP) is 7.38. The lowest BCUT2D eigenvalue weighted by molar-refractivity contribution is -0.274. The average molecular weight is 514 g/mol. The van der Waals surface area contributed by atoms with Gasteiger partial charge in [0.25, 0.3) is 5.91 Å². The average Bonchev–Trinajstić information content (AvgIpc) is 3.19. The SMILES string of the molecule is Cc1cc(C2CCC(C(C)(C)NC(=O)c3cc(C)[nH]c3-c3ccccc3OC(F)(F)F)CC2)cc(C)n1. The number of nitrogens with one attached hydrogen (secondary N) is 2. The summed E-state index contributed by atoms with van der Waals surface area (Å²) in [5, 5.41) is 3.17. The van der Waals surface area contributed by atoms with Crippen molar-refractivity contribution in [2.45, 2.75) is 78.1 Å². The number of carbonyl (C=O) groups is 1. The number of aromatic amines is 1. The second kappa shape index (κ2) is 10.2. The number of H-pyrrole nitrogens is 1. The number of ether oxygens (including phenoxy) is 1. The van der Waals surface area contributed by atoms with Gasteiger partial charge in [-0.15, -0.1) is 13.2 Å². The zero-order valence-electron chi connectivity index (χ0n) is 21.9. The Morgan fingerprint density at radius 2 is 1.62 bits per heavy atom. The van der Waals surface area contributed by atoms with Crippen molar-refractivity contribution in [3.05, 3.63) is 70.7 Å². The molecule has 1 aliphatic rings. The zero-order valence-corrected chi connectivity index (χ0v) is 21.9. The van der Waals surface area contributed by atoms with Crippen molar-refractivity contribution in [2.24, 2.45) is 5.92 Å². The number of aryl methyl sites for hydroxylation is 3. The van der Waals surface area contributed by atoms with Crippen molar-refractivity contribution in [1.82, 2.24) is 15.3 Å². The van der Waals surface area contributed by atoms with Gasteiger partial charge in [-0.25, -0.2) is 0 Å². The van der Waals surface area contributed by atoms with E-state index in [0.717, 1.165) is 37.1 Å². The topological polar surface area (TPSA) is 67.0 Å². The highest BCUT2D eigenvalue weighted by molar-refractivity contribution is 6.01. The van der Waals surface area contributed by atoms with Crippen molar-refractivity contribution >= 4 is 5.91 Å². The summed E-state index contributed by atoms with van der Waals surface area (Å²) in [4.78, 5) is 21.0. The van der Waals surface area contributed by atoms with Gasteiger partial charge < -0.3 is 15.0 Å². The molecule has 0 aliphatic heterocycles. The third-order valence-corrected chi connectivity index (χ3v) is 7.34. The predicted molar refractivity (Wildman–Crippen MR) is 138 cm³/mol. The van der Waals surface area contributed by atoms with Crippen LogP contribution in [0, 0.1) is 26.7 Å². The van der Waals surface area contributed by atoms with E-state index in [9.17, 15) is 18.0 Å². The Kier molecular flexibility index (Phi) is 7.40. The summed E-state index contributed by atoms with van der Waals surface area (Å²) in [6, 6.07) is 11.8. The number of rotatable bonds is 6. The molecule has 2 heterocycles. The molecule has 2 aromatic heterocycles. The molecule has 1 aromatic carbocycles. The fourth-order valence-corrected chi connectivity index (χ4v) is 5.58. The summed E-state index contributed by atoms with van der Waals surface area (Å²) in [7, 11) is 0. The molecule has 198 valence electrons. The Morgan fingerprint density at radius 1 is 1.00 bits per heavy atom. The highest BCUT2D eigenvalue weighted by atomic mass is 19.4. The Balaban J connectivity index is 1.50. The third kappa shape index (κ3) is 6.35. The first kappa shape index (κ1) is 26.8. The van der Waals surface area contributed by atoms with Crippen LogP contribution in [-0.2, 0) is 0 Å². The van der Waals surface area contributed by atoms with Gasteiger partial charge >= 0.3 is 6.36 Å². The molecular weight excluding hydrogens is 479 g/mol. The normalized spacial score (nSPS) is 18.5. The molecule has 8 heteroatoms. The fraction of sp³-hybridized carbons (Fsp3) is 0.448. The van der Waals surface area contributed by atoms with Gasteiger partial charge in [-0.05, 0) is 108 Å². The van der Waals surface area contributed by atoms with Gasteiger partial charge in [0.15, 0.2) is 0 Å². The minimum absolute atomic E-state index is 0.180. The van der Waals surface area contributed by atoms with Crippen molar-refractivity contribution in [3.8, 4) is 17.0 Å². The van der Waals surface area contributed by atoms with Crippen molar-refractivity contribution < 1.29 is 22.7 Å². The van der Waals surface area contributed by atoms with Gasteiger partial charge in [0, 0.05) is 28.2 Å². The quantitative estimate of drug-likeness (QED) is 0.361. The van der Waals surface area contributed by atoms with E-state index in [4.69, 9.17) is 0 Å². The number of halogens is 3. The molecule has 0 atom stereocenters. The number of para-hydroxylation sites is 1. The van der Waals surface area contributed by atoms with E-state index in [1.54, 1.807) is 19.1 Å². The lowest BCUT2D eigenvalue weighted by atomic mass is 9.71. The van der Waals surface area contributed by atoms with Crippen LogP contribution in [0.25, 0.3) is 11.3 Å². The standard InChI is InChI=1S/C29H34F3N3O2/c1-17-14-21(15-18(2)33-17)20-10-12-22(13-11-20)28(4,5)35-27(36)24-16-19(3)34-26(24)23-8-6-7-9-25(23)37-29(30,31)32/h6-9,14-16,20,22,34H,10-13H2,1-5H3,(H,35,36). The molecule has 1 fully saturated rings. The van der Waals surface area contributed by atoms with Crippen molar-refractivity contribution in [3.63, 3.8) is 0 Å². The summed E-state index contributed by atoms with van der Waals surface area (Å²) in [5.74, 6) is 0.0759. The van der Waals surface area contributed by atoms with Crippen LogP contribution < -0.4 is 10.1 Å². The summed E-state index contributed by atoms with van der Waals surface area (Å²) >= 11 is 0. The van der Waals surface area contributed by atoms with Crippen LogP contribution in [0.2, 0.25) is 0 Å². The number of nitrogens with zero attached hydrogens (tertiary/aromatic N) is 1. The minimum atomic E-state index is -4.84. The molecule has 4 rings (SSSR count). The lowest BCUT2D eigenvalue weighted by Crippen LogP contribution is -2.50. The molecule has 0 unspecified atom stereocenters. The number of pyridine rings is 1. The van der Waals surface area contributed by atoms with Crippen LogP contribution in [0.3, 0.4) is 0 Å². The van der Waals surface area contributed by atoms with E-state index in [1.807, 2.05) is 27.7 Å². The molecule has 1 aliphatic carbocycles. The maximum Gasteiger partial charge on any atom is 0.573 e. The van der Waals surface area contributed by atoms with E-state index in [0.29, 0.717) is 22.9 Å². The molecule has 0 radical (unpaired) electrons. The smallest absolute Gasteiger partial charge is 0.405 e. The summed E-state index contributed by atoms with van der Waals surface area (Å²) in [6.45, 7) is 9.85. The molecule has 3 aromatic rings. The van der Waals surface area contributed by atoms with E-state index < -0.39 is 11.9 Å². The molecule has 0 spiro atoms. The van der Waals surface area contributed by atoms with Crippen molar-refractivity contribution in [1.29, 1.82) is 0 Å². The Hall–Kier alpha value is -3.29. The van der Waals surface area contributed by atoms with E-state index >= 15 is 0 Å². The molecule has 5 nitrogen and oxygen atoms in total. The maximum atomic E-state index is 13.5.